The van der Waals surface area contributed by atoms with Crippen LogP contribution in [0.5, 0.6) is 0 Å². The molecule has 2 rings (SSSR count). The van der Waals surface area contributed by atoms with Gasteiger partial charge in [0.15, 0.2) is 0 Å². The van der Waals surface area contributed by atoms with Crippen molar-refractivity contribution in [1.82, 2.24) is 5.32 Å². The highest BCUT2D eigenvalue weighted by Crippen LogP contribution is 2.37. The maximum atomic E-state index is 6.22. The second-order valence-corrected chi connectivity index (χ2v) is 6.53. The van der Waals surface area contributed by atoms with Crippen molar-refractivity contribution in [3.63, 3.8) is 0 Å². The van der Waals surface area contributed by atoms with Crippen molar-refractivity contribution >= 4 is 22.9 Å². The molecule has 1 aromatic heterocycles. The van der Waals surface area contributed by atoms with Crippen molar-refractivity contribution in [1.29, 1.82) is 0 Å². The maximum absolute atomic E-state index is 6.22. The lowest BCUT2D eigenvalue weighted by Gasteiger charge is -2.24. The highest BCUT2D eigenvalue weighted by Gasteiger charge is 2.22. The van der Waals surface area contributed by atoms with E-state index in [4.69, 9.17) is 11.6 Å². The number of halogens is 1. The van der Waals surface area contributed by atoms with E-state index >= 15 is 0 Å². The van der Waals surface area contributed by atoms with Gasteiger partial charge in [-0.05, 0) is 30.7 Å². The van der Waals surface area contributed by atoms with Gasteiger partial charge < -0.3 is 5.32 Å². The molecule has 1 heterocycles. The van der Waals surface area contributed by atoms with Crippen LogP contribution in [0, 0.1) is 6.92 Å². The van der Waals surface area contributed by atoms with Crippen molar-refractivity contribution in [3.05, 3.63) is 56.7 Å². The number of benzene rings is 1. The molecule has 1 nitrogen and oxygen atoms in total. The fraction of sp³-hybridized carbons (Fsp3) is 0.375. The zero-order valence-corrected chi connectivity index (χ0v) is 13.2. The normalized spacial score (nSPS) is 14.3. The minimum Gasteiger partial charge on any atom is -0.309 e. The number of aryl methyl sites for hydroxylation is 1. The predicted molar refractivity (Wildman–Crippen MR) is 85.3 cm³/mol. The Morgan fingerprint density at radius 3 is 2.47 bits per heavy atom. The van der Waals surface area contributed by atoms with Gasteiger partial charge in [-0.3, -0.25) is 0 Å². The Bertz CT molecular complexity index is 501. The summed E-state index contributed by atoms with van der Waals surface area (Å²) in [6.45, 7) is 7.44. The summed E-state index contributed by atoms with van der Waals surface area (Å²) in [5.74, 6) is 0.426. The van der Waals surface area contributed by atoms with E-state index in [1.54, 1.807) is 11.3 Å². The minimum atomic E-state index is 0.323. The van der Waals surface area contributed by atoms with E-state index < -0.39 is 0 Å². The second-order valence-electron chi connectivity index (χ2n) is 4.84. The summed E-state index contributed by atoms with van der Waals surface area (Å²) in [6.07, 6.45) is 0. The molecule has 0 amide bonds. The first kappa shape index (κ1) is 14.6. The molecule has 102 valence electrons. The van der Waals surface area contributed by atoms with E-state index in [0.29, 0.717) is 12.0 Å². The van der Waals surface area contributed by atoms with Gasteiger partial charge in [-0.25, -0.2) is 0 Å². The zero-order chi connectivity index (χ0) is 13.8. The molecule has 0 aliphatic carbocycles. The summed E-state index contributed by atoms with van der Waals surface area (Å²) in [6, 6.07) is 13.2. The fourth-order valence-corrected chi connectivity index (χ4v) is 3.73. The zero-order valence-electron chi connectivity index (χ0n) is 11.6. The Hall–Kier alpha value is -0.830. The molecule has 19 heavy (non-hydrogen) atoms. The van der Waals surface area contributed by atoms with Crippen LogP contribution in [0.15, 0.2) is 36.4 Å². The Balaban J connectivity index is 2.29. The number of hydrogen-bond donors (Lipinski definition) is 1. The van der Waals surface area contributed by atoms with Gasteiger partial charge >= 0.3 is 0 Å². The lowest BCUT2D eigenvalue weighted by Crippen LogP contribution is -2.25. The quantitative estimate of drug-likeness (QED) is 0.802. The van der Waals surface area contributed by atoms with Crippen molar-refractivity contribution in [2.45, 2.75) is 32.7 Å². The van der Waals surface area contributed by atoms with Crippen LogP contribution in [0.25, 0.3) is 0 Å². The van der Waals surface area contributed by atoms with Gasteiger partial charge in [-0.2, -0.15) is 0 Å². The first-order valence-corrected chi connectivity index (χ1v) is 7.87. The van der Waals surface area contributed by atoms with E-state index in [0.717, 1.165) is 10.9 Å². The van der Waals surface area contributed by atoms with Gasteiger partial charge in [0.05, 0.1) is 4.34 Å². The molecule has 1 aromatic carbocycles. The van der Waals surface area contributed by atoms with Gasteiger partial charge in [0.2, 0.25) is 0 Å². The van der Waals surface area contributed by atoms with Gasteiger partial charge in [-0.15, -0.1) is 11.3 Å². The molecule has 0 fully saturated rings. The van der Waals surface area contributed by atoms with Crippen LogP contribution in [0.3, 0.4) is 0 Å². The number of rotatable bonds is 5. The van der Waals surface area contributed by atoms with Crippen molar-refractivity contribution in [2.24, 2.45) is 0 Å². The largest absolute Gasteiger partial charge is 0.309 e. The van der Waals surface area contributed by atoms with Crippen LogP contribution in [-0.2, 0) is 0 Å². The summed E-state index contributed by atoms with van der Waals surface area (Å²) >= 11 is 7.90. The monoisotopic (exact) mass is 293 g/mol. The first-order chi connectivity index (χ1) is 9.13. The number of hydrogen-bond acceptors (Lipinski definition) is 2. The Labute approximate surface area is 124 Å². The Morgan fingerprint density at radius 1 is 1.26 bits per heavy atom. The second kappa shape index (κ2) is 6.56. The molecular formula is C16H20ClNS. The molecule has 0 bridgehead atoms. The standard InChI is InChI=1S/C16H20ClNS/c1-4-18-15(14-10-11(2)16(17)19-14)12(3)13-8-6-5-7-9-13/h5-10,12,15,18H,4H2,1-3H3. The summed E-state index contributed by atoms with van der Waals surface area (Å²) in [5.41, 5.74) is 2.53. The number of thiophene rings is 1. The first-order valence-electron chi connectivity index (χ1n) is 6.67. The van der Waals surface area contributed by atoms with E-state index in [-0.39, 0.29) is 0 Å². The number of likely N-dealkylation sites (N-methyl/N-ethyl adjacent to an activating group) is 1. The van der Waals surface area contributed by atoms with Crippen LogP contribution < -0.4 is 5.32 Å². The summed E-state index contributed by atoms with van der Waals surface area (Å²) in [7, 11) is 0. The molecule has 2 atom stereocenters. The molecule has 0 aliphatic rings. The molecule has 0 radical (unpaired) electrons. The minimum absolute atomic E-state index is 0.323. The fourth-order valence-electron chi connectivity index (χ4n) is 2.33. The molecule has 0 aliphatic heterocycles. The topological polar surface area (TPSA) is 12.0 Å². The Kier molecular flexibility index (Phi) is 5.03. The average molecular weight is 294 g/mol. The number of nitrogens with one attached hydrogen (secondary N) is 1. The summed E-state index contributed by atoms with van der Waals surface area (Å²) < 4.78 is 0.901. The third-order valence-corrected chi connectivity index (χ3v) is 5.07. The van der Waals surface area contributed by atoms with Crippen molar-refractivity contribution in [3.8, 4) is 0 Å². The molecule has 0 saturated carbocycles. The van der Waals surface area contributed by atoms with Crippen LogP contribution in [0.1, 0.15) is 41.8 Å². The van der Waals surface area contributed by atoms with Gasteiger partial charge in [0.25, 0.3) is 0 Å². The van der Waals surface area contributed by atoms with Crippen LogP contribution in [0.4, 0.5) is 0 Å². The molecule has 3 heteroatoms. The third kappa shape index (κ3) is 3.38. The molecule has 2 aromatic rings. The smallest absolute Gasteiger partial charge is 0.0960 e. The summed E-state index contributed by atoms with van der Waals surface area (Å²) in [5, 5.41) is 3.59. The van der Waals surface area contributed by atoms with Gasteiger partial charge in [-0.1, -0.05) is 55.8 Å². The Morgan fingerprint density at radius 2 is 1.95 bits per heavy atom. The highest BCUT2D eigenvalue weighted by atomic mass is 35.5. The van der Waals surface area contributed by atoms with Crippen LogP contribution in [-0.4, -0.2) is 6.54 Å². The van der Waals surface area contributed by atoms with Crippen molar-refractivity contribution in [2.75, 3.05) is 6.54 Å². The van der Waals surface area contributed by atoms with Crippen molar-refractivity contribution < 1.29 is 0 Å². The third-order valence-electron chi connectivity index (χ3n) is 3.43. The lowest BCUT2D eigenvalue weighted by atomic mass is 9.92. The SMILES string of the molecule is CCNC(c1cc(C)c(Cl)s1)C(C)c1ccccc1. The van der Waals surface area contributed by atoms with E-state index in [1.807, 2.05) is 0 Å². The van der Waals surface area contributed by atoms with E-state index in [9.17, 15) is 0 Å². The molecule has 0 spiro atoms. The van der Waals surface area contributed by atoms with Gasteiger partial charge in [0.1, 0.15) is 0 Å². The molecule has 1 N–H and O–H groups in total. The van der Waals surface area contributed by atoms with Gasteiger partial charge in [0, 0.05) is 16.8 Å². The van der Waals surface area contributed by atoms with Crippen LogP contribution in [0.2, 0.25) is 4.34 Å². The molecule has 0 saturated heterocycles. The summed E-state index contributed by atoms with van der Waals surface area (Å²) in [4.78, 5) is 1.32. The predicted octanol–water partition coefficient (Wildman–Crippen LogP) is 5.16. The maximum Gasteiger partial charge on any atom is 0.0960 e. The molecule has 2 unspecified atom stereocenters. The molecular weight excluding hydrogens is 274 g/mol. The van der Waals surface area contributed by atoms with E-state index in [1.165, 1.54) is 16.0 Å². The van der Waals surface area contributed by atoms with E-state index in [2.05, 4.69) is 62.5 Å². The van der Waals surface area contributed by atoms with Crippen LogP contribution >= 0.6 is 22.9 Å². The lowest BCUT2D eigenvalue weighted by molar-refractivity contribution is 0.486. The highest BCUT2D eigenvalue weighted by molar-refractivity contribution is 7.16. The average Bonchev–Trinajstić information content (AvgIpc) is 2.76.